The Morgan fingerprint density at radius 2 is 1.93 bits per heavy atom. The predicted molar refractivity (Wildman–Crippen MR) is 209 cm³/mol. The molecule has 5 aliphatic rings. The van der Waals surface area contributed by atoms with Crippen LogP contribution in [-0.4, -0.2) is 83.9 Å². The minimum absolute atomic E-state index is 0.00935. The van der Waals surface area contributed by atoms with Gasteiger partial charge in [0.1, 0.15) is 27.5 Å². The van der Waals surface area contributed by atoms with E-state index in [2.05, 4.69) is 43.3 Å². The van der Waals surface area contributed by atoms with Crippen LogP contribution in [0.5, 0.6) is 11.5 Å². The first-order valence-electron chi connectivity index (χ1n) is 19.0. The Morgan fingerprint density at radius 3 is 2.70 bits per heavy atom. The fraction of sp³-hybridized carbons (Fsp3) is 0.488. The summed E-state index contributed by atoms with van der Waals surface area (Å²) in [6, 6.07) is 14.6. The van der Waals surface area contributed by atoms with Crippen molar-refractivity contribution in [3.05, 3.63) is 94.8 Å². The van der Waals surface area contributed by atoms with Crippen molar-refractivity contribution in [2.45, 2.75) is 63.1 Å². The van der Waals surface area contributed by atoms with E-state index in [0.717, 1.165) is 49.4 Å². The monoisotopic (exact) mass is 773 g/mol. The van der Waals surface area contributed by atoms with Gasteiger partial charge in [0.05, 0.1) is 37.2 Å². The Balaban J connectivity index is 1.11. The van der Waals surface area contributed by atoms with Crippen LogP contribution < -0.4 is 19.1 Å². The number of rotatable bonds is 4. The Bertz CT molecular complexity index is 2050. The molecule has 2 bridgehead atoms. The number of pyridine rings is 1. The van der Waals surface area contributed by atoms with Crippen LogP contribution in [-0.2, 0) is 26.5 Å². The van der Waals surface area contributed by atoms with E-state index < -0.39 is 21.9 Å². The summed E-state index contributed by atoms with van der Waals surface area (Å²) < 4.78 is 40.2. The molecule has 2 aliphatic carbocycles. The molecule has 2 fully saturated rings. The number of amides is 3. The number of ether oxygens (including phenoxy) is 3. The van der Waals surface area contributed by atoms with Crippen molar-refractivity contribution in [1.29, 1.82) is 0 Å². The van der Waals surface area contributed by atoms with Gasteiger partial charge in [-0.1, -0.05) is 36.7 Å². The van der Waals surface area contributed by atoms with Gasteiger partial charge in [-0.05, 0) is 110 Å². The molecule has 1 saturated heterocycles. The first-order chi connectivity index (χ1) is 26.1. The quantitative estimate of drug-likeness (QED) is 0.286. The van der Waals surface area contributed by atoms with E-state index in [9.17, 15) is 13.8 Å². The summed E-state index contributed by atoms with van der Waals surface area (Å²) in [6.07, 6.45) is 13.0. The van der Waals surface area contributed by atoms with Crippen molar-refractivity contribution in [2.75, 3.05) is 50.5 Å². The molecule has 54 heavy (non-hydrogen) atoms. The number of benzene rings is 2. The summed E-state index contributed by atoms with van der Waals surface area (Å²) in [5.41, 5.74) is 3.39. The summed E-state index contributed by atoms with van der Waals surface area (Å²) >= 11 is 6.47. The zero-order chi connectivity index (χ0) is 37.5. The largest absolute Gasteiger partial charge is 0.490 e. The summed E-state index contributed by atoms with van der Waals surface area (Å²) in [4.78, 5) is 35.4. The number of hydrogen-bond acceptors (Lipinski definition) is 8. The highest BCUT2D eigenvalue weighted by Crippen LogP contribution is 2.47. The molecule has 286 valence electrons. The van der Waals surface area contributed by atoms with Crippen molar-refractivity contribution >= 4 is 39.1 Å². The van der Waals surface area contributed by atoms with Crippen molar-refractivity contribution in [3.8, 4) is 11.5 Å². The van der Waals surface area contributed by atoms with Crippen LogP contribution >= 0.6 is 11.6 Å². The van der Waals surface area contributed by atoms with Crippen molar-refractivity contribution < 1.29 is 28.0 Å². The normalized spacial score (nSPS) is 30.3. The Kier molecular flexibility index (Phi) is 10.4. The van der Waals surface area contributed by atoms with Gasteiger partial charge in [0.25, 0.3) is 5.91 Å². The van der Waals surface area contributed by atoms with Crippen LogP contribution in [0, 0.1) is 17.8 Å². The van der Waals surface area contributed by atoms with Gasteiger partial charge in [0.15, 0.2) is 0 Å². The first-order valence-corrected chi connectivity index (χ1v) is 21.1. The predicted octanol–water partition coefficient (Wildman–Crippen LogP) is 6.84. The number of anilines is 1. The number of allylic oxidation sites excluding steroid dienone is 1. The average Bonchev–Trinajstić information content (AvgIpc) is 3.27. The van der Waals surface area contributed by atoms with Crippen molar-refractivity contribution in [3.63, 3.8) is 0 Å². The number of hydrogen-bond donors (Lipinski definition) is 1. The molecule has 1 N–H and O–H groups in total. The molecule has 1 unspecified atom stereocenters. The summed E-state index contributed by atoms with van der Waals surface area (Å²) in [5.74, 6) is 1.31. The lowest BCUT2D eigenvalue weighted by atomic mass is 9.68. The molecular weight excluding hydrogens is 726 g/mol. The number of methoxy groups -OCH3 is 1. The molecule has 8 rings (SSSR count). The standard InChI is InChI=1S/C41H48ClN5O6S/c1-27-5-3-7-37(51-2)34-11-8-30(34)21-47-25-41(16-4-6-28-19-31(42)10-12-35(28)41)26-52-38-13-9-29(20-36(38)47)39(48)44-54(50,24-27)45-40(49)46-22-33(23-46)53-32-14-17-43-18-15-32/h3,7,9-10,12-15,17-20,27,30,33-34,37H,4-6,8,11,16,21-26H2,1-2H3,(H,44,45,48,49,50)/b7-3-/t27-,30-,34+,37-,41-,54?/m0/s1. The van der Waals surface area contributed by atoms with Gasteiger partial charge in [-0.2, -0.15) is 0 Å². The van der Waals surface area contributed by atoms with Gasteiger partial charge < -0.3 is 24.0 Å². The molecule has 11 nitrogen and oxygen atoms in total. The fourth-order valence-electron chi connectivity index (χ4n) is 8.86. The van der Waals surface area contributed by atoms with Crippen molar-refractivity contribution in [1.82, 2.24) is 14.6 Å². The molecule has 1 spiro atoms. The molecule has 3 aliphatic heterocycles. The zero-order valence-electron chi connectivity index (χ0n) is 30.8. The third-order valence-corrected chi connectivity index (χ3v) is 14.1. The van der Waals surface area contributed by atoms with Crippen molar-refractivity contribution in [2.24, 2.45) is 22.1 Å². The number of carbonyl (C=O) groups excluding carboxylic acids is 2. The molecule has 3 amide bonds. The van der Waals surface area contributed by atoms with Crippen LogP contribution in [0.2, 0.25) is 5.02 Å². The third-order valence-electron chi connectivity index (χ3n) is 11.8. The van der Waals surface area contributed by atoms with Gasteiger partial charge in [-0.25, -0.2) is 9.00 Å². The van der Waals surface area contributed by atoms with E-state index in [1.54, 1.807) is 37.7 Å². The maximum atomic E-state index is 14.6. The van der Waals surface area contributed by atoms with Crippen LogP contribution in [0.25, 0.3) is 0 Å². The average molecular weight is 774 g/mol. The maximum absolute atomic E-state index is 14.6. The van der Waals surface area contributed by atoms with Crippen LogP contribution in [0.1, 0.15) is 60.5 Å². The minimum Gasteiger partial charge on any atom is -0.490 e. The van der Waals surface area contributed by atoms with Crippen LogP contribution in [0.3, 0.4) is 0 Å². The number of halogens is 1. The van der Waals surface area contributed by atoms with E-state index in [0.29, 0.717) is 61.6 Å². The third kappa shape index (κ3) is 7.57. The second kappa shape index (κ2) is 15.2. The van der Waals surface area contributed by atoms with Gasteiger partial charge in [-0.3, -0.25) is 14.5 Å². The summed E-state index contributed by atoms with van der Waals surface area (Å²) in [6.45, 7) is 4.58. The molecule has 2 aromatic carbocycles. The highest BCUT2D eigenvalue weighted by atomic mass is 35.5. The highest BCUT2D eigenvalue weighted by Gasteiger charge is 2.44. The van der Waals surface area contributed by atoms with Gasteiger partial charge in [-0.15, -0.1) is 4.36 Å². The molecule has 13 heteroatoms. The molecule has 4 heterocycles. The molecule has 0 radical (unpaired) electrons. The van der Waals surface area contributed by atoms with Crippen LogP contribution in [0.15, 0.2) is 77.4 Å². The lowest BCUT2D eigenvalue weighted by Gasteiger charge is -2.46. The number of aryl methyl sites for hydroxylation is 1. The van der Waals surface area contributed by atoms with Gasteiger partial charge in [0, 0.05) is 48.6 Å². The number of aromatic nitrogens is 1. The number of fused-ring (bicyclic) bond motifs is 4. The number of carbonyl (C=O) groups is 2. The van der Waals surface area contributed by atoms with E-state index in [-0.39, 0.29) is 29.3 Å². The molecule has 1 saturated carbocycles. The number of nitrogens with one attached hydrogen (secondary N) is 1. The summed E-state index contributed by atoms with van der Waals surface area (Å²) in [5, 5.41) is 0.739. The zero-order valence-corrected chi connectivity index (χ0v) is 32.4. The minimum atomic E-state index is -3.53. The second-order valence-corrected chi connectivity index (χ2v) is 18.1. The molecule has 1 aromatic heterocycles. The Morgan fingerprint density at radius 1 is 1.09 bits per heavy atom. The molecule has 6 atom stereocenters. The van der Waals surface area contributed by atoms with Gasteiger partial charge in [0.2, 0.25) is 0 Å². The lowest BCUT2D eigenvalue weighted by Crippen LogP contribution is -2.59. The lowest BCUT2D eigenvalue weighted by molar-refractivity contribution is 0.0131. The SMILES string of the molecule is CO[C@H]1/C=C\C[C@H](C)CS(=O)(NC(=O)N2CC(Oc3ccncc3)C2)=NC(=O)c2ccc3c(c2)N(C[C@@H]2CC[C@H]21)C[C@@]1(CCCc2cc(Cl)ccc21)CO3. The van der Waals surface area contributed by atoms with E-state index in [4.69, 9.17) is 25.8 Å². The smallest absolute Gasteiger partial charge is 0.330 e. The maximum Gasteiger partial charge on any atom is 0.330 e. The molecule has 3 aromatic rings. The van der Waals surface area contributed by atoms with Crippen LogP contribution in [0.4, 0.5) is 10.5 Å². The Labute approximate surface area is 322 Å². The number of likely N-dealkylation sites (tertiary alicyclic amines) is 1. The number of nitrogens with zero attached hydrogens (tertiary/aromatic N) is 4. The second-order valence-electron chi connectivity index (χ2n) is 15.7. The first kappa shape index (κ1) is 36.8. The number of urea groups is 1. The summed E-state index contributed by atoms with van der Waals surface area (Å²) in [7, 11) is -1.76. The van der Waals surface area contributed by atoms with Gasteiger partial charge >= 0.3 is 6.03 Å². The fourth-order valence-corrected chi connectivity index (χ4v) is 10.9. The van der Waals surface area contributed by atoms with E-state index in [1.165, 1.54) is 16.0 Å². The Hall–Kier alpha value is -4.13. The van der Waals surface area contributed by atoms with E-state index in [1.807, 2.05) is 25.1 Å². The van der Waals surface area contributed by atoms with E-state index >= 15 is 0 Å². The molecular formula is C41H48ClN5O6S. The topological polar surface area (TPSA) is 123 Å². The highest BCUT2D eigenvalue weighted by molar-refractivity contribution is 7.92.